The summed E-state index contributed by atoms with van der Waals surface area (Å²) in [5.41, 5.74) is 0. The van der Waals surface area contributed by atoms with Crippen LogP contribution in [0.25, 0.3) is 0 Å². The van der Waals surface area contributed by atoms with E-state index in [2.05, 4.69) is 36.0 Å². The van der Waals surface area contributed by atoms with Crippen LogP contribution in [0.3, 0.4) is 0 Å². The van der Waals surface area contributed by atoms with Crippen molar-refractivity contribution in [3.8, 4) is 0 Å². The SMILES string of the molecule is CCC=CCCCCCCCCCC=CCCCCC=CC1CC(=O)OC1=O. The Hall–Kier alpha value is -1.64. The van der Waals surface area contributed by atoms with E-state index in [0.717, 1.165) is 25.7 Å². The van der Waals surface area contributed by atoms with Crippen LogP contribution >= 0.6 is 0 Å². The van der Waals surface area contributed by atoms with Gasteiger partial charge in [0.05, 0.1) is 12.3 Å². The van der Waals surface area contributed by atoms with Crippen LogP contribution in [-0.2, 0) is 14.3 Å². The number of rotatable bonds is 17. The molecule has 1 rings (SSSR count). The molecule has 1 aliphatic heterocycles. The number of allylic oxidation sites excluding steroid dienone is 5. The van der Waals surface area contributed by atoms with Crippen LogP contribution in [0.15, 0.2) is 36.5 Å². The zero-order valence-electron chi connectivity index (χ0n) is 17.9. The highest BCUT2D eigenvalue weighted by Gasteiger charge is 2.30. The molecule has 0 N–H and O–H groups in total. The fourth-order valence-electron chi connectivity index (χ4n) is 3.35. The molecule has 1 saturated heterocycles. The summed E-state index contributed by atoms with van der Waals surface area (Å²) in [6.45, 7) is 2.19. The van der Waals surface area contributed by atoms with Gasteiger partial charge >= 0.3 is 11.9 Å². The highest BCUT2D eigenvalue weighted by atomic mass is 16.6. The summed E-state index contributed by atoms with van der Waals surface area (Å²) in [6, 6.07) is 0. The maximum Gasteiger partial charge on any atom is 0.321 e. The molecule has 0 aromatic carbocycles. The first-order valence-corrected chi connectivity index (χ1v) is 11.4. The zero-order valence-corrected chi connectivity index (χ0v) is 17.9. The molecule has 1 fully saturated rings. The summed E-state index contributed by atoms with van der Waals surface area (Å²) in [5.74, 6) is -1.15. The van der Waals surface area contributed by atoms with Crippen LogP contribution in [0, 0.1) is 5.92 Å². The first-order chi connectivity index (χ1) is 13.7. The molecule has 28 heavy (non-hydrogen) atoms. The molecule has 1 atom stereocenters. The minimum absolute atomic E-state index is 0.203. The summed E-state index contributed by atoms with van der Waals surface area (Å²) in [5, 5.41) is 0. The smallest absolute Gasteiger partial charge is 0.321 e. The molecule has 1 aliphatic rings. The lowest BCUT2D eigenvalue weighted by atomic mass is 10.1. The van der Waals surface area contributed by atoms with Crippen LogP contribution in [0.1, 0.15) is 103 Å². The third kappa shape index (κ3) is 13.5. The highest BCUT2D eigenvalue weighted by molar-refractivity contribution is 5.95. The molecular formula is C25H40O3. The van der Waals surface area contributed by atoms with Gasteiger partial charge in [0.2, 0.25) is 0 Å². The first kappa shape index (κ1) is 24.4. The minimum Gasteiger partial charge on any atom is -0.393 e. The lowest BCUT2D eigenvalue weighted by Gasteiger charge is -2.00. The molecule has 0 aromatic rings. The Morgan fingerprint density at radius 2 is 1.18 bits per heavy atom. The molecule has 1 unspecified atom stereocenters. The molecule has 0 saturated carbocycles. The molecule has 0 aliphatic carbocycles. The maximum atomic E-state index is 11.3. The van der Waals surface area contributed by atoms with E-state index in [4.69, 9.17) is 0 Å². The van der Waals surface area contributed by atoms with Gasteiger partial charge in [0, 0.05) is 0 Å². The third-order valence-electron chi connectivity index (χ3n) is 5.07. The van der Waals surface area contributed by atoms with E-state index < -0.39 is 11.9 Å². The van der Waals surface area contributed by atoms with E-state index in [9.17, 15) is 9.59 Å². The van der Waals surface area contributed by atoms with Gasteiger partial charge in [-0.3, -0.25) is 9.59 Å². The van der Waals surface area contributed by atoms with E-state index in [0.29, 0.717) is 0 Å². The predicted molar refractivity (Wildman–Crippen MR) is 117 cm³/mol. The van der Waals surface area contributed by atoms with Crippen molar-refractivity contribution in [1.82, 2.24) is 0 Å². The van der Waals surface area contributed by atoms with Crippen LogP contribution in [-0.4, -0.2) is 11.9 Å². The summed E-state index contributed by atoms with van der Waals surface area (Å²) in [4.78, 5) is 22.3. The minimum atomic E-state index is -0.403. The van der Waals surface area contributed by atoms with Crippen molar-refractivity contribution in [3.63, 3.8) is 0 Å². The van der Waals surface area contributed by atoms with Gasteiger partial charge in [0.1, 0.15) is 0 Å². The second kappa shape index (κ2) is 17.5. The molecule has 3 nitrogen and oxygen atoms in total. The van der Waals surface area contributed by atoms with Crippen molar-refractivity contribution in [2.45, 2.75) is 103 Å². The number of ether oxygens (including phenoxy) is 1. The topological polar surface area (TPSA) is 43.4 Å². The highest BCUT2D eigenvalue weighted by Crippen LogP contribution is 2.17. The van der Waals surface area contributed by atoms with Crippen molar-refractivity contribution in [2.24, 2.45) is 5.92 Å². The fourth-order valence-corrected chi connectivity index (χ4v) is 3.35. The Morgan fingerprint density at radius 3 is 1.68 bits per heavy atom. The van der Waals surface area contributed by atoms with Crippen molar-refractivity contribution in [2.75, 3.05) is 0 Å². The van der Waals surface area contributed by atoms with Gasteiger partial charge in [-0.15, -0.1) is 0 Å². The Bertz CT molecular complexity index is 502. The van der Waals surface area contributed by atoms with Crippen molar-refractivity contribution >= 4 is 11.9 Å². The van der Waals surface area contributed by atoms with Crippen LogP contribution in [0.2, 0.25) is 0 Å². The second-order valence-corrected chi connectivity index (χ2v) is 7.72. The number of carbonyl (C=O) groups excluding carboxylic acids is 2. The van der Waals surface area contributed by atoms with E-state index >= 15 is 0 Å². The maximum absolute atomic E-state index is 11.3. The molecule has 0 radical (unpaired) electrons. The normalized spacial score (nSPS) is 17.5. The van der Waals surface area contributed by atoms with Gasteiger partial charge in [0.25, 0.3) is 0 Å². The zero-order chi connectivity index (χ0) is 20.3. The average Bonchev–Trinajstić information content (AvgIpc) is 3.00. The number of hydrogen-bond acceptors (Lipinski definition) is 3. The Morgan fingerprint density at radius 1 is 0.714 bits per heavy atom. The number of esters is 2. The quantitative estimate of drug-likeness (QED) is 0.114. The predicted octanol–water partition coefficient (Wildman–Crippen LogP) is 7.23. The third-order valence-corrected chi connectivity index (χ3v) is 5.07. The van der Waals surface area contributed by atoms with Gasteiger partial charge in [-0.05, 0) is 57.8 Å². The van der Waals surface area contributed by atoms with Crippen molar-refractivity contribution < 1.29 is 14.3 Å². The largest absolute Gasteiger partial charge is 0.393 e. The molecule has 0 aromatic heterocycles. The number of cyclic esters (lactones) is 2. The Kier molecular flexibility index (Phi) is 15.2. The standard InChI is InChI=1S/C25H40O3/c1-2-3-4-5-6-7-8-9-10-11-12-13-14-15-16-17-18-19-20-21-23-22-24(26)28-25(23)27/h3-4,14-15,20-21,23H,2,5-13,16-19,22H2,1H3. The van der Waals surface area contributed by atoms with E-state index in [1.807, 2.05) is 12.2 Å². The summed E-state index contributed by atoms with van der Waals surface area (Å²) < 4.78 is 4.52. The molecule has 1 heterocycles. The lowest BCUT2D eigenvalue weighted by Crippen LogP contribution is -2.03. The molecular weight excluding hydrogens is 348 g/mol. The Labute approximate surface area is 172 Å². The van der Waals surface area contributed by atoms with Crippen LogP contribution < -0.4 is 0 Å². The average molecular weight is 389 g/mol. The number of unbranched alkanes of at least 4 members (excludes halogenated alkanes) is 11. The summed E-state index contributed by atoms with van der Waals surface area (Å²) in [6.07, 6.45) is 30.8. The van der Waals surface area contributed by atoms with Crippen LogP contribution in [0.4, 0.5) is 0 Å². The molecule has 0 amide bonds. The van der Waals surface area contributed by atoms with Crippen molar-refractivity contribution in [1.29, 1.82) is 0 Å². The van der Waals surface area contributed by atoms with E-state index in [1.165, 1.54) is 64.2 Å². The van der Waals surface area contributed by atoms with Gasteiger partial charge in [-0.2, -0.15) is 0 Å². The number of carbonyl (C=O) groups is 2. The lowest BCUT2D eigenvalue weighted by molar-refractivity contribution is -0.152. The number of hydrogen-bond donors (Lipinski definition) is 0. The monoisotopic (exact) mass is 388 g/mol. The fraction of sp³-hybridized carbons (Fsp3) is 0.680. The van der Waals surface area contributed by atoms with Crippen molar-refractivity contribution in [3.05, 3.63) is 36.5 Å². The first-order valence-electron chi connectivity index (χ1n) is 11.4. The molecule has 0 spiro atoms. The molecule has 0 bridgehead atoms. The van der Waals surface area contributed by atoms with Gasteiger partial charge in [0.15, 0.2) is 0 Å². The second-order valence-electron chi connectivity index (χ2n) is 7.72. The van der Waals surface area contributed by atoms with E-state index in [-0.39, 0.29) is 12.3 Å². The van der Waals surface area contributed by atoms with E-state index in [1.54, 1.807) is 0 Å². The van der Waals surface area contributed by atoms with Gasteiger partial charge in [-0.1, -0.05) is 75.5 Å². The Balaban J connectivity index is 1.80. The van der Waals surface area contributed by atoms with Gasteiger partial charge < -0.3 is 4.74 Å². The van der Waals surface area contributed by atoms with Crippen LogP contribution in [0.5, 0.6) is 0 Å². The summed E-state index contributed by atoms with van der Waals surface area (Å²) >= 11 is 0. The molecule has 158 valence electrons. The molecule has 3 heteroatoms. The summed E-state index contributed by atoms with van der Waals surface area (Å²) in [7, 11) is 0. The van der Waals surface area contributed by atoms with Gasteiger partial charge in [-0.25, -0.2) is 0 Å².